The molecule has 0 saturated carbocycles. The zero-order valence-electron chi connectivity index (χ0n) is 20.1. The fraction of sp³-hybridized carbons (Fsp3) is 0.538. The molecular weight excluding hydrogens is 419 g/mol. The minimum Gasteiger partial charge on any atom is -0.354 e. The molecule has 2 aromatic rings. The number of benzene rings is 1. The molecule has 1 fully saturated rings. The van der Waals surface area contributed by atoms with Gasteiger partial charge in [0.2, 0.25) is 0 Å². The molecule has 33 heavy (non-hydrogen) atoms. The third-order valence-electron chi connectivity index (χ3n) is 6.61. The van der Waals surface area contributed by atoms with Gasteiger partial charge in [0.1, 0.15) is 11.5 Å². The highest BCUT2D eigenvalue weighted by Gasteiger charge is 2.24. The van der Waals surface area contributed by atoms with E-state index in [4.69, 9.17) is 0 Å². The number of aryl methyl sites for hydroxylation is 2. The van der Waals surface area contributed by atoms with Gasteiger partial charge >= 0.3 is 0 Å². The average Bonchev–Trinajstić information content (AvgIpc) is 3.23. The molecule has 1 aliphatic rings. The number of nitrogens with one attached hydrogen (secondary N) is 3. The molecule has 1 aromatic heterocycles. The van der Waals surface area contributed by atoms with Crippen molar-refractivity contribution in [3.8, 4) is 0 Å². The van der Waals surface area contributed by atoms with Gasteiger partial charge in [-0.25, -0.2) is 4.39 Å². The molecule has 6 nitrogen and oxygen atoms in total. The van der Waals surface area contributed by atoms with Crippen molar-refractivity contribution in [2.45, 2.75) is 58.9 Å². The molecule has 3 rings (SSSR count). The van der Waals surface area contributed by atoms with Crippen LogP contribution in [0.5, 0.6) is 0 Å². The molecule has 1 saturated heterocycles. The first-order valence-electron chi connectivity index (χ1n) is 12.1. The van der Waals surface area contributed by atoms with Crippen molar-refractivity contribution < 1.29 is 14.0 Å². The number of aromatic amines is 1. The number of halogens is 1. The lowest BCUT2D eigenvalue weighted by Crippen LogP contribution is -2.38. The Kier molecular flexibility index (Phi) is 9.06. The van der Waals surface area contributed by atoms with E-state index in [9.17, 15) is 14.0 Å². The number of H-pyrrole nitrogens is 1. The lowest BCUT2D eigenvalue weighted by Gasteiger charge is -2.32. The number of likely N-dealkylation sites (tertiary alicyclic amines) is 1. The third kappa shape index (κ3) is 6.67. The van der Waals surface area contributed by atoms with Gasteiger partial charge in [0.05, 0.1) is 0 Å². The van der Waals surface area contributed by atoms with Crippen molar-refractivity contribution in [3.05, 3.63) is 58.2 Å². The maximum Gasteiger partial charge on any atom is 0.267 e. The fourth-order valence-corrected chi connectivity index (χ4v) is 4.60. The standard InChI is InChI=1S/C26H37FN4O2/c1-4-23-20(17-28-3)15-24(30-23)25(32)29-12-6-5-7-19-10-13-31(14-11-19)26(33)22-16-21(27)9-8-18(22)2/h8-9,15-16,19,28,30H,4-7,10-14,17H2,1-3H3,(H,29,32). The summed E-state index contributed by atoms with van der Waals surface area (Å²) in [5, 5.41) is 6.15. The van der Waals surface area contributed by atoms with Crippen LogP contribution < -0.4 is 10.6 Å². The van der Waals surface area contributed by atoms with Crippen LogP contribution in [0, 0.1) is 18.7 Å². The summed E-state index contributed by atoms with van der Waals surface area (Å²) >= 11 is 0. The van der Waals surface area contributed by atoms with E-state index in [1.54, 1.807) is 6.07 Å². The van der Waals surface area contributed by atoms with Crippen molar-refractivity contribution in [2.75, 3.05) is 26.7 Å². The fourth-order valence-electron chi connectivity index (χ4n) is 4.60. The van der Waals surface area contributed by atoms with Crippen LogP contribution in [-0.2, 0) is 13.0 Å². The first-order chi connectivity index (χ1) is 15.9. The summed E-state index contributed by atoms with van der Waals surface area (Å²) in [4.78, 5) is 30.3. The number of nitrogens with zero attached hydrogens (tertiary/aromatic N) is 1. The van der Waals surface area contributed by atoms with Crippen LogP contribution in [0.3, 0.4) is 0 Å². The minimum absolute atomic E-state index is 0.0495. The zero-order valence-corrected chi connectivity index (χ0v) is 20.1. The van der Waals surface area contributed by atoms with Crippen LogP contribution in [0.4, 0.5) is 4.39 Å². The molecular formula is C26H37FN4O2. The van der Waals surface area contributed by atoms with Crippen molar-refractivity contribution in [3.63, 3.8) is 0 Å². The van der Waals surface area contributed by atoms with Gasteiger partial charge in [-0.1, -0.05) is 25.8 Å². The normalized spacial score (nSPS) is 14.5. The van der Waals surface area contributed by atoms with Crippen molar-refractivity contribution in [1.29, 1.82) is 0 Å². The Balaban J connectivity index is 1.35. The Morgan fingerprint density at radius 1 is 1.18 bits per heavy atom. The van der Waals surface area contributed by atoms with E-state index in [0.717, 1.165) is 75.0 Å². The summed E-state index contributed by atoms with van der Waals surface area (Å²) in [7, 11) is 1.90. The molecule has 0 atom stereocenters. The van der Waals surface area contributed by atoms with Gasteiger partial charge in [0.15, 0.2) is 0 Å². The highest BCUT2D eigenvalue weighted by atomic mass is 19.1. The molecule has 0 unspecified atom stereocenters. The largest absolute Gasteiger partial charge is 0.354 e. The quantitative estimate of drug-likeness (QED) is 0.469. The van der Waals surface area contributed by atoms with E-state index in [1.165, 1.54) is 12.1 Å². The molecule has 7 heteroatoms. The van der Waals surface area contributed by atoms with E-state index in [1.807, 2.05) is 24.9 Å². The Labute approximate surface area is 196 Å². The maximum atomic E-state index is 13.6. The molecule has 180 valence electrons. The first-order valence-corrected chi connectivity index (χ1v) is 12.1. The van der Waals surface area contributed by atoms with Gasteiger partial charge in [-0.2, -0.15) is 0 Å². The summed E-state index contributed by atoms with van der Waals surface area (Å²) in [5.74, 6) is 0.109. The van der Waals surface area contributed by atoms with Gasteiger partial charge in [-0.05, 0) is 74.9 Å². The molecule has 0 spiro atoms. The summed E-state index contributed by atoms with van der Waals surface area (Å²) in [6, 6.07) is 6.33. The van der Waals surface area contributed by atoms with Gasteiger partial charge in [0, 0.05) is 37.4 Å². The number of carbonyl (C=O) groups excluding carboxylic acids is 2. The molecule has 2 amide bonds. The molecule has 0 bridgehead atoms. The Morgan fingerprint density at radius 2 is 1.94 bits per heavy atom. The second-order valence-corrected chi connectivity index (χ2v) is 9.02. The Morgan fingerprint density at radius 3 is 2.64 bits per heavy atom. The van der Waals surface area contributed by atoms with Crippen molar-refractivity contribution in [1.82, 2.24) is 20.5 Å². The molecule has 1 aromatic carbocycles. The van der Waals surface area contributed by atoms with E-state index in [0.29, 0.717) is 23.7 Å². The van der Waals surface area contributed by atoms with Gasteiger partial charge in [-0.3, -0.25) is 9.59 Å². The second-order valence-electron chi connectivity index (χ2n) is 9.02. The van der Waals surface area contributed by atoms with Crippen LogP contribution in [0.15, 0.2) is 24.3 Å². The molecule has 1 aliphatic heterocycles. The van der Waals surface area contributed by atoms with Gasteiger partial charge in [0.25, 0.3) is 11.8 Å². The number of piperidine rings is 1. The number of aromatic nitrogens is 1. The summed E-state index contributed by atoms with van der Waals surface area (Å²) < 4.78 is 13.6. The molecule has 0 radical (unpaired) electrons. The van der Waals surface area contributed by atoms with Gasteiger partial charge < -0.3 is 20.5 Å². The molecule has 0 aliphatic carbocycles. The Hall–Kier alpha value is -2.67. The predicted octanol–water partition coefficient (Wildman–Crippen LogP) is 4.20. The van der Waals surface area contributed by atoms with Crippen LogP contribution in [0.1, 0.15) is 76.7 Å². The SMILES string of the molecule is CCc1[nH]c(C(=O)NCCCCC2CCN(C(=O)c3cc(F)ccc3C)CC2)cc1CNC. The number of hydrogen-bond acceptors (Lipinski definition) is 3. The number of rotatable bonds is 10. The second kappa shape index (κ2) is 12.0. The lowest BCUT2D eigenvalue weighted by molar-refractivity contribution is 0.0684. The highest BCUT2D eigenvalue weighted by Crippen LogP contribution is 2.24. The van der Waals surface area contributed by atoms with Crippen molar-refractivity contribution in [2.24, 2.45) is 5.92 Å². The monoisotopic (exact) mass is 456 g/mol. The lowest BCUT2D eigenvalue weighted by atomic mass is 9.91. The predicted molar refractivity (Wildman–Crippen MR) is 129 cm³/mol. The van der Waals surface area contributed by atoms with E-state index in [-0.39, 0.29) is 17.6 Å². The van der Waals surface area contributed by atoms with Crippen LogP contribution in [0.25, 0.3) is 0 Å². The van der Waals surface area contributed by atoms with Crippen LogP contribution in [0.2, 0.25) is 0 Å². The number of unbranched alkanes of at least 4 members (excludes halogenated alkanes) is 1. The number of hydrogen-bond donors (Lipinski definition) is 3. The first kappa shape index (κ1) is 25.0. The summed E-state index contributed by atoms with van der Waals surface area (Å²) in [5.41, 5.74) is 4.15. The van der Waals surface area contributed by atoms with E-state index >= 15 is 0 Å². The third-order valence-corrected chi connectivity index (χ3v) is 6.61. The average molecular weight is 457 g/mol. The van der Waals surface area contributed by atoms with Crippen LogP contribution in [-0.4, -0.2) is 48.4 Å². The van der Waals surface area contributed by atoms with Crippen LogP contribution >= 0.6 is 0 Å². The summed E-state index contributed by atoms with van der Waals surface area (Å²) in [6.07, 6.45) is 5.92. The van der Waals surface area contributed by atoms with Crippen molar-refractivity contribution >= 4 is 11.8 Å². The molecule has 3 N–H and O–H groups in total. The number of amides is 2. The smallest absolute Gasteiger partial charge is 0.267 e. The Bertz CT molecular complexity index is 948. The summed E-state index contributed by atoms with van der Waals surface area (Å²) in [6.45, 7) is 6.78. The van der Waals surface area contributed by atoms with E-state index in [2.05, 4.69) is 22.5 Å². The van der Waals surface area contributed by atoms with E-state index < -0.39 is 0 Å². The van der Waals surface area contributed by atoms with Gasteiger partial charge in [-0.15, -0.1) is 0 Å². The zero-order chi connectivity index (χ0) is 23.8. The minimum atomic E-state index is -0.369. The topological polar surface area (TPSA) is 77.2 Å². The maximum absolute atomic E-state index is 13.6. The molecule has 2 heterocycles. The number of carbonyl (C=O) groups is 2. The highest BCUT2D eigenvalue weighted by molar-refractivity contribution is 5.95.